The largest absolute Gasteiger partial charge is 0.383 e. The predicted molar refractivity (Wildman–Crippen MR) is 113 cm³/mol. The van der Waals surface area contributed by atoms with Gasteiger partial charge in [-0.2, -0.15) is 0 Å². The molecule has 2 N–H and O–H groups in total. The maximum atomic E-state index is 5.35. The minimum Gasteiger partial charge on any atom is -0.383 e. The number of benzene rings is 1. The number of H-pyrrole nitrogens is 2. The second kappa shape index (κ2) is 7.73. The van der Waals surface area contributed by atoms with Crippen molar-refractivity contribution < 1.29 is 4.74 Å². The highest BCUT2D eigenvalue weighted by Crippen LogP contribution is 2.29. The molecule has 0 amide bonds. The van der Waals surface area contributed by atoms with Crippen LogP contribution in [0.2, 0.25) is 0 Å². The van der Waals surface area contributed by atoms with E-state index in [0.29, 0.717) is 6.04 Å². The van der Waals surface area contributed by atoms with E-state index in [9.17, 15) is 0 Å². The minimum absolute atomic E-state index is 0.427. The molecular weight excluding hydrogens is 350 g/mol. The first-order chi connectivity index (χ1) is 13.6. The lowest BCUT2D eigenvalue weighted by atomic mass is 10.1. The van der Waals surface area contributed by atoms with E-state index in [0.717, 1.165) is 53.3 Å². The Labute approximate surface area is 165 Å². The summed E-state index contributed by atoms with van der Waals surface area (Å²) < 4.78 is 5.35. The highest BCUT2D eigenvalue weighted by atomic mass is 16.5. The van der Waals surface area contributed by atoms with Crippen molar-refractivity contribution in [3.63, 3.8) is 0 Å². The van der Waals surface area contributed by atoms with Crippen LogP contribution in [0.3, 0.4) is 0 Å². The van der Waals surface area contributed by atoms with E-state index in [2.05, 4.69) is 63.1 Å². The highest BCUT2D eigenvalue weighted by molar-refractivity contribution is 5.94. The summed E-state index contributed by atoms with van der Waals surface area (Å²) in [6.45, 7) is 5.81. The zero-order valence-electron chi connectivity index (χ0n) is 16.9. The molecule has 0 saturated carbocycles. The molecule has 6 nitrogen and oxygen atoms in total. The Hall–Kier alpha value is -2.70. The third kappa shape index (κ3) is 3.53. The van der Waals surface area contributed by atoms with Crippen LogP contribution in [0.25, 0.3) is 33.3 Å². The summed E-state index contributed by atoms with van der Waals surface area (Å²) in [6, 6.07) is 11.3. The highest BCUT2D eigenvalue weighted by Gasteiger charge is 2.14. The molecule has 28 heavy (non-hydrogen) atoms. The van der Waals surface area contributed by atoms with Crippen LogP contribution in [0.15, 0.2) is 36.5 Å². The summed E-state index contributed by atoms with van der Waals surface area (Å²) in [5, 5.41) is 1.21. The number of aromatic amines is 2. The lowest BCUT2D eigenvalue weighted by Crippen LogP contribution is -2.34. The van der Waals surface area contributed by atoms with Crippen LogP contribution in [-0.4, -0.2) is 51.6 Å². The standard InChI is InChI=1S/C22H27N5O/c1-5-17(13-28-4)27(3)12-15-6-7-19-16(10-15)11-20(26-19)18-8-9-23-22-21(18)24-14(2)25-22/h6-11,17,26H,5,12-13H2,1-4H3,(H,23,24,25). The average Bonchev–Trinajstić information content (AvgIpc) is 3.27. The monoisotopic (exact) mass is 377 g/mol. The van der Waals surface area contributed by atoms with Crippen molar-refractivity contribution in [2.24, 2.45) is 0 Å². The van der Waals surface area contributed by atoms with Gasteiger partial charge in [0.1, 0.15) is 5.82 Å². The van der Waals surface area contributed by atoms with Gasteiger partial charge in [0.15, 0.2) is 5.65 Å². The summed E-state index contributed by atoms with van der Waals surface area (Å²) >= 11 is 0. The molecule has 3 aromatic heterocycles. The van der Waals surface area contributed by atoms with Gasteiger partial charge in [-0.3, -0.25) is 4.90 Å². The van der Waals surface area contributed by atoms with Crippen molar-refractivity contribution in [3.8, 4) is 11.3 Å². The van der Waals surface area contributed by atoms with E-state index < -0.39 is 0 Å². The zero-order valence-corrected chi connectivity index (χ0v) is 16.9. The molecule has 146 valence electrons. The first-order valence-corrected chi connectivity index (χ1v) is 9.71. The molecule has 0 spiro atoms. The Morgan fingerprint density at radius 2 is 2.04 bits per heavy atom. The average molecular weight is 377 g/mol. The Morgan fingerprint density at radius 3 is 2.82 bits per heavy atom. The zero-order chi connectivity index (χ0) is 19.7. The SMILES string of the molecule is CCC(COC)N(C)Cc1ccc2[nH]c(-c3ccnc4nc(C)[nH]c34)cc2c1. The Morgan fingerprint density at radius 1 is 1.18 bits per heavy atom. The molecule has 0 fully saturated rings. The summed E-state index contributed by atoms with van der Waals surface area (Å²) in [5.41, 5.74) is 6.31. The number of hydrogen-bond donors (Lipinski definition) is 2. The number of ether oxygens (including phenoxy) is 1. The molecule has 0 aliphatic rings. The molecule has 0 aliphatic carbocycles. The van der Waals surface area contributed by atoms with Gasteiger partial charge in [-0.15, -0.1) is 0 Å². The fraction of sp³-hybridized carbons (Fsp3) is 0.364. The van der Waals surface area contributed by atoms with Crippen LogP contribution in [-0.2, 0) is 11.3 Å². The Bertz CT molecular complexity index is 1100. The van der Waals surface area contributed by atoms with Crippen molar-refractivity contribution in [1.29, 1.82) is 0 Å². The third-order valence-electron chi connectivity index (χ3n) is 5.37. The molecule has 1 atom stereocenters. The number of imidazole rings is 1. The molecule has 0 saturated heterocycles. The van der Waals surface area contributed by atoms with Crippen LogP contribution in [0.5, 0.6) is 0 Å². The summed E-state index contributed by atoms with van der Waals surface area (Å²) in [4.78, 5) is 18.0. The third-order valence-corrected chi connectivity index (χ3v) is 5.37. The number of methoxy groups -OCH3 is 1. The van der Waals surface area contributed by atoms with Gasteiger partial charge < -0.3 is 14.7 Å². The van der Waals surface area contributed by atoms with E-state index in [1.165, 1.54) is 10.9 Å². The van der Waals surface area contributed by atoms with Gasteiger partial charge in [0.2, 0.25) is 0 Å². The smallest absolute Gasteiger partial charge is 0.178 e. The Balaban J connectivity index is 1.65. The maximum Gasteiger partial charge on any atom is 0.178 e. The second-order valence-corrected chi connectivity index (χ2v) is 7.42. The number of aryl methyl sites for hydroxylation is 1. The molecule has 1 aromatic carbocycles. The number of rotatable bonds is 7. The van der Waals surface area contributed by atoms with Crippen molar-refractivity contribution in [3.05, 3.63) is 47.9 Å². The topological polar surface area (TPSA) is 69.8 Å². The van der Waals surface area contributed by atoms with Crippen molar-refractivity contribution in [2.75, 3.05) is 20.8 Å². The van der Waals surface area contributed by atoms with Gasteiger partial charge in [0, 0.05) is 48.1 Å². The molecule has 1 unspecified atom stereocenters. The fourth-order valence-corrected chi connectivity index (χ4v) is 3.84. The molecule has 0 bridgehead atoms. The first kappa shape index (κ1) is 18.7. The van der Waals surface area contributed by atoms with Crippen LogP contribution in [0.4, 0.5) is 0 Å². The summed E-state index contributed by atoms with van der Waals surface area (Å²) in [5.74, 6) is 0.873. The van der Waals surface area contributed by atoms with Crippen molar-refractivity contribution in [2.45, 2.75) is 32.9 Å². The maximum absolute atomic E-state index is 5.35. The molecule has 4 aromatic rings. The number of fused-ring (bicyclic) bond motifs is 2. The van der Waals surface area contributed by atoms with Gasteiger partial charge >= 0.3 is 0 Å². The molecule has 0 aliphatic heterocycles. The lowest BCUT2D eigenvalue weighted by molar-refractivity contribution is 0.0999. The molecular formula is C22H27N5O. The van der Waals surface area contributed by atoms with Gasteiger partial charge in [0.25, 0.3) is 0 Å². The summed E-state index contributed by atoms with van der Waals surface area (Å²) in [6.07, 6.45) is 2.88. The summed E-state index contributed by atoms with van der Waals surface area (Å²) in [7, 11) is 3.93. The van der Waals surface area contributed by atoms with E-state index in [1.807, 2.05) is 19.2 Å². The van der Waals surface area contributed by atoms with Crippen LogP contribution in [0, 0.1) is 6.92 Å². The number of pyridine rings is 1. The molecule has 6 heteroatoms. The van der Waals surface area contributed by atoms with E-state index in [-0.39, 0.29) is 0 Å². The predicted octanol–water partition coefficient (Wildman–Crippen LogP) is 4.27. The van der Waals surface area contributed by atoms with E-state index in [4.69, 9.17) is 4.74 Å². The van der Waals surface area contributed by atoms with Gasteiger partial charge in [0.05, 0.1) is 12.1 Å². The van der Waals surface area contributed by atoms with Crippen LogP contribution < -0.4 is 0 Å². The number of aromatic nitrogens is 4. The first-order valence-electron chi connectivity index (χ1n) is 9.71. The van der Waals surface area contributed by atoms with E-state index in [1.54, 1.807) is 7.11 Å². The minimum atomic E-state index is 0.427. The number of nitrogens with one attached hydrogen (secondary N) is 2. The normalized spacial score (nSPS) is 13.0. The Kier molecular flexibility index (Phi) is 5.15. The number of likely N-dealkylation sites (N-methyl/N-ethyl adjacent to an activating group) is 1. The van der Waals surface area contributed by atoms with Crippen LogP contribution >= 0.6 is 0 Å². The second-order valence-electron chi connectivity index (χ2n) is 7.42. The molecule has 3 heterocycles. The van der Waals surface area contributed by atoms with Crippen molar-refractivity contribution in [1.82, 2.24) is 24.8 Å². The lowest BCUT2D eigenvalue weighted by Gasteiger charge is -2.26. The quantitative estimate of drug-likeness (QED) is 0.505. The van der Waals surface area contributed by atoms with Gasteiger partial charge in [-0.1, -0.05) is 13.0 Å². The number of hydrogen-bond acceptors (Lipinski definition) is 4. The number of nitrogens with zero attached hydrogens (tertiary/aromatic N) is 3. The van der Waals surface area contributed by atoms with Crippen LogP contribution in [0.1, 0.15) is 24.7 Å². The molecule has 0 radical (unpaired) electrons. The van der Waals surface area contributed by atoms with Gasteiger partial charge in [-0.05, 0) is 50.2 Å². The van der Waals surface area contributed by atoms with Crippen molar-refractivity contribution >= 4 is 22.1 Å². The van der Waals surface area contributed by atoms with E-state index >= 15 is 0 Å². The fourth-order valence-electron chi connectivity index (χ4n) is 3.84. The van der Waals surface area contributed by atoms with Gasteiger partial charge in [-0.25, -0.2) is 9.97 Å². The molecule has 4 rings (SSSR count).